The molecule has 1 aromatic heterocycles. The molecule has 1 heterocycles. The Morgan fingerprint density at radius 3 is 2.62 bits per heavy atom. The van der Waals surface area contributed by atoms with Crippen LogP contribution in [0.15, 0.2) is 51.7 Å². The van der Waals surface area contributed by atoms with Crippen molar-refractivity contribution in [3.63, 3.8) is 0 Å². The molecule has 24 heavy (non-hydrogen) atoms. The molecule has 0 spiro atoms. The van der Waals surface area contributed by atoms with Crippen molar-refractivity contribution in [2.24, 2.45) is 11.7 Å². The van der Waals surface area contributed by atoms with E-state index in [9.17, 15) is 9.59 Å². The molecule has 0 saturated heterocycles. The summed E-state index contributed by atoms with van der Waals surface area (Å²) in [6.45, 7) is 3.97. The Hall–Kier alpha value is -2.66. The molecule has 0 amide bonds. The van der Waals surface area contributed by atoms with Gasteiger partial charge in [0.25, 0.3) is 0 Å². The van der Waals surface area contributed by atoms with Gasteiger partial charge in [0.1, 0.15) is 17.4 Å². The van der Waals surface area contributed by atoms with Crippen molar-refractivity contribution in [2.45, 2.75) is 26.3 Å². The molecule has 3 aromatic rings. The molecule has 3 rings (SSSR count). The Morgan fingerprint density at radius 2 is 1.88 bits per heavy atom. The maximum Gasteiger partial charge on any atom is 0.344 e. The summed E-state index contributed by atoms with van der Waals surface area (Å²) in [6, 6.07) is 11.6. The zero-order valence-corrected chi connectivity index (χ0v) is 13.6. The largest absolute Gasteiger partial charge is 0.425 e. The molecule has 5 nitrogen and oxygen atoms in total. The molecule has 5 heteroatoms. The van der Waals surface area contributed by atoms with Gasteiger partial charge in [-0.05, 0) is 36.6 Å². The number of nitrogens with two attached hydrogens (primary N) is 1. The minimum Gasteiger partial charge on any atom is -0.425 e. The second kappa shape index (κ2) is 6.45. The number of para-hydroxylation sites is 1. The van der Waals surface area contributed by atoms with Crippen LogP contribution in [0.5, 0.6) is 5.75 Å². The van der Waals surface area contributed by atoms with E-state index in [1.165, 1.54) is 6.07 Å². The van der Waals surface area contributed by atoms with Gasteiger partial charge in [0.15, 0.2) is 0 Å². The molecule has 2 aromatic carbocycles. The number of ether oxygens (including phenoxy) is 1. The summed E-state index contributed by atoms with van der Waals surface area (Å²) in [7, 11) is 0. The van der Waals surface area contributed by atoms with Crippen molar-refractivity contribution in [1.82, 2.24) is 0 Å². The van der Waals surface area contributed by atoms with Crippen molar-refractivity contribution in [1.29, 1.82) is 0 Å². The Balaban J connectivity index is 1.97. The van der Waals surface area contributed by atoms with Crippen molar-refractivity contribution in [3.05, 3.63) is 52.9 Å². The molecule has 124 valence electrons. The fourth-order valence-electron chi connectivity index (χ4n) is 2.72. The summed E-state index contributed by atoms with van der Waals surface area (Å²) in [5, 5.41) is 1.96. The predicted octanol–water partition coefficient (Wildman–Crippen LogP) is 3.23. The zero-order chi connectivity index (χ0) is 17.3. The summed E-state index contributed by atoms with van der Waals surface area (Å²) in [5.74, 6) is 0.0741. The van der Waals surface area contributed by atoms with E-state index < -0.39 is 17.6 Å². The lowest BCUT2D eigenvalue weighted by Crippen LogP contribution is -2.35. The highest BCUT2D eigenvalue weighted by molar-refractivity contribution is 6.04. The van der Waals surface area contributed by atoms with Crippen molar-refractivity contribution >= 4 is 27.7 Å². The molecular formula is C19H19NO4. The highest BCUT2D eigenvalue weighted by Crippen LogP contribution is 2.26. The smallest absolute Gasteiger partial charge is 0.344 e. The van der Waals surface area contributed by atoms with E-state index in [-0.39, 0.29) is 5.75 Å². The van der Waals surface area contributed by atoms with E-state index >= 15 is 0 Å². The van der Waals surface area contributed by atoms with Crippen molar-refractivity contribution in [3.8, 4) is 5.75 Å². The maximum atomic E-state index is 12.2. The van der Waals surface area contributed by atoms with Gasteiger partial charge >= 0.3 is 11.6 Å². The predicted molar refractivity (Wildman–Crippen MR) is 93.1 cm³/mol. The Bertz CT molecular complexity index is 958. The first kappa shape index (κ1) is 16.2. The van der Waals surface area contributed by atoms with E-state index in [1.807, 2.05) is 32.0 Å². The zero-order valence-electron chi connectivity index (χ0n) is 13.6. The van der Waals surface area contributed by atoms with Crippen molar-refractivity contribution in [2.75, 3.05) is 0 Å². The van der Waals surface area contributed by atoms with Crippen LogP contribution in [0.2, 0.25) is 0 Å². The number of hydrogen-bond acceptors (Lipinski definition) is 5. The number of fused-ring (bicyclic) bond motifs is 3. The van der Waals surface area contributed by atoms with Crippen LogP contribution in [0.25, 0.3) is 21.7 Å². The summed E-state index contributed by atoms with van der Waals surface area (Å²) in [6.07, 6.45) is 0.541. The molecule has 0 saturated carbocycles. The first-order valence-electron chi connectivity index (χ1n) is 7.88. The number of hydrogen-bond donors (Lipinski definition) is 1. The van der Waals surface area contributed by atoms with E-state index in [0.717, 1.165) is 10.8 Å². The van der Waals surface area contributed by atoms with Crippen LogP contribution in [-0.4, -0.2) is 12.0 Å². The molecule has 0 aliphatic heterocycles. The SMILES string of the molecule is CC(C)C[C@@H](N)C(=O)Oc1ccc2c(c1)c(=O)oc1ccccc12. The van der Waals surface area contributed by atoms with Crippen LogP contribution < -0.4 is 16.1 Å². The van der Waals surface area contributed by atoms with Gasteiger partial charge < -0.3 is 14.9 Å². The number of rotatable bonds is 4. The van der Waals surface area contributed by atoms with Crippen LogP contribution in [-0.2, 0) is 4.79 Å². The Kier molecular flexibility index (Phi) is 4.36. The first-order chi connectivity index (χ1) is 11.5. The number of carbonyl (C=O) groups is 1. The monoisotopic (exact) mass is 325 g/mol. The van der Waals surface area contributed by atoms with Gasteiger partial charge in [0.05, 0.1) is 5.39 Å². The molecular weight excluding hydrogens is 306 g/mol. The molecule has 0 bridgehead atoms. The fraction of sp³-hybridized carbons (Fsp3) is 0.263. The number of benzene rings is 2. The molecule has 2 N–H and O–H groups in total. The molecule has 1 atom stereocenters. The van der Waals surface area contributed by atoms with Gasteiger partial charge in [0.2, 0.25) is 0 Å². The lowest BCUT2D eigenvalue weighted by molar-refractivity contribution is -0.136. The van der Waals surface area contributed by atoms with E-state index in [2.05, 4.69) is 0 Å². The first-order valence-corrected chi connectivity index (χ1v) is 7.88. The quantitative estimate of drug-likeness (QED) is 0.345. The third-order valence-electron chi connectivity index (χ3n) is 3.84. The van der Waals surface area contributed by atoms with E-state index in [1.54, 1.807) is 18.2 Å². The molecule has 0 fully saturated rings. The van der Waals surface area contributed by atoms with Crippen LogP contribution in [0, 0.1) is 5.92 Å². The number of esters is 1. The van der Waals surface area contributed by atoms with Gasteiger partial charge in [-0.3, -0.25) is 0 Å². The van der Waals surface area contributed by atoms with Crippen LogP contribution in [0.1, 0.15) is 20.3 Å². The summed E-state index contributed by atoms with van der Waals surface area (Å²) in [5.41, 5.74) is 5.89. The van der Waals surface area contributed by atoms with Crippen LogP contribution >= 0.6 is 0 Å². The van der Waals surface area contributed by atoms with Gasteiger partial charge in [-0.2, -0.15) is 0 Å². The highest BCUT2D eigenvalue weighted by Gasteiger charge is 2.18. The second-order valence-electron chi connectivity index (χ2n) is 6.25. The van der Waals surface area contributed by atoms with Crippen LogP contribution in [0.3, 0.4) is 0 Å². The third kappa shape index (κ3) is 3.16. The second-order valence-corrected chi connectivity index (χ2v) is 6.25. The van der Waals surface area contributed by atoms with Crippen LogP contribution in [0.4, 0.5) is 0 Å². The molecule has 0 radical (unpaired) electrons. The maximum absolute atomic E-state index is 12.2. The Labute approximate surface area is 139 Å². The van der Waals surface area contributed by atoms with Gasteiger partial charge in [0, 0.05) is 10.8 Å². The molecule has 0 unspecified atom stereocenters. The average Bonchev–Trinajstić information content (AvgIpc) is 2.54. The fourth-order valence-corrected chi connectivity index (χ4v) is 2.72. The van der Waals surface area contributed by atoms with Gasteiger partial charge in [-0.1, -0.05) is 32.0 Å². The highest BCUT2D eigenvalue weighted by atomic mass is 16.5. The van der Waals surface area contributed by atoms with E-state index in [0.29, 0.717) is 23.3 Å². The topological polar surface area (TPSA) is 82.5 Å². The van der Waals surface area contributed by atoms with Gasteiger partial charge in [-0.25, -0.2) is 9.59 Å². The average molecular weight is 325 g/mol. The normalized spacial score (nSPS) is 12.7. The third-order valence-corrected chi connectivity index (χ3v) is 3.84. The standard InChI is InChI=1S/C19H19NO4/c1-11(2)9-16(20)19(22)23-12-7-8-13-14-5-3-4-6-17(14)24-18(21)15(13)10-12/h3-8,10-11,16H,9,20H2,1-2H3/t16-/m1/s1. The molecule has 0 aliphatic rings. The Morgan fingerprint density at radius 1 is 1.12 bits per heavy atom. The lowest BCUT2D eigenvalue weighted by atomic mass is 10.0. The summed E-state index contributed by atoms with van der Waals surface area (Å²) in [4.78, 5) is 24.2. The minimum atomic E-state index is -0.686. The number of carbonyl (C=O) groups excluding carboxylic acids is 1. The van der Waals surface area contributed by atoms with Gasteiger partial charge in [-0.15, -0.1) is 0 Å². The lowest BCUT2D eigenvalue weighted by Gasteiger charge is -2.13. The summed E-state index contributed by atoms with van der Waals surface area (Å²) < 4.78 is 10.6. The van der Waals surface area contributed by atoms with Crippen molar-refractivity contribution < 1.29 is 13.9 Å². The summed E-state index contributed by atoms with van der Waals surface area (Å²) >= 11 is 0. The molecule has 0 aliphatic carbocycles. The minimum absolute atomic E-state index is 0.286. The van der Waals surface area contributed by atoms with E-state index in [4.69, 9.17) is 14.9 Å².